The van der Waals surface area contributed by atoms with Crippen molar-refractivity contribution in [1.82, 2.24) is 5.32 Å². The summed E-state index contributed by atoms with van der Waals surface area (Å²) in [5.41, 5.74) is 2.77. The summed E-state index contributed by atoms with van der Waals surface area (Å²) in [6.45, 7) is 5.62. The number of hydrogen-bond acceptors (Lipinski definition) is 2. The Hall–Kier alpha value is -1.02. The summed E-state index contributed by atoms with van der Waals surface area (Å²) in [5.74, 6) is 0. The highest BCUT2D eigenvalue weighted by Crippen LogP contribution is 2.22. The highest BCUT2D eigenvalue weighted by molar-refractivity contribution is 5.48. The molecule has 2 heteroatoms. The molecule has 0 amide bonds. The highest BCUT2D eigenvalue weighted by atomic mass is 15.1. The second-order valence-corrected chi connectivity index (χ2v) is 5.16. The third-order valence-corrected chi connectivity index (χ3v) is 3.90. The van der Waals surface area contributed by atoms with Gasteiger partial charge in [-0.2, -0.15) is 0 Å². The van der Waals surface area contributed by atoms with Crippen LogP contribution in [0.2, 0.25) is 0 Å². The van der Waals surface area contributed by atoms with Gasteiger partial charge < -0.3 is 10.2 Å². The Morgan fingerprint density at radius 1 is 1.29 bits per heavy atom. The number of aryl methyl sites for hydroxylation is 1. The molecule has 1 N–H and O–H groups in total. The van der Waals surface area contributed by atoms with E-state index >= 15 is 0 Å². The Morgan fingerprint density at radius 3 is 2.59 bits per heavy atom. The molecule has 0 aromatic heterocycles. The molecule has 0 bridgehead atoms. The lowest BCUT2D eigenvalue weighted by atomic mass is 9.99. The number of piperidine rings is 1. The van der Waals surface area contributed by atoms with Gasteiger partial charge in [0.25, 0.3) is 0 Å². The summed E-state index contributed by atoms with van der Waals surface area (Å²) in [6.07, 6.45) is 3.61. The van der Waals surface area contributed by atoms with E-state index in [4.69, 9.17) is 0 Å². The molecule has 1 saturated heterocycles. The van der Waals surface area contributed by atoms with E-state index in [-0.39, 0.29) is 0 Å². The Morgan fingerprint density at radius 2 is 2.00 bits per heavy atom. The second-order valence-electron chi connectivity index (χ2n) is 5.16. The van der Waals surface area contributed by atoms with Crippen LogP contribution >= 0.6 is 0 Å². The molecule has 1 aromatic carbocycles. The molecule has 1 aliphatic heterocycles. The summed E-state index contributed by atoms with van der Waals surface area (Å²) in [4.78, 5) is 2.44. The quantitative estimate of drug-likeness (QED) is 0.862. The van der Waals surface area contributed by atoms with Gasteiger partial charge in [0.1, 0.15) is 0 Å². The van der Waals surface area contributed by atoms with Crippen LogP contribution in [0.15, 0.2) is 24.3 Å². The third kappa shape index (κ3) is 3.01. The zero-order chi connectivity index (χ0) is 12.3. The standard InChI is InChI=1S/C15H24N2/c1-4-13-5-7-14(8-6-13)17(3)15-9-10-16-12(2)11-15/h5-8,12,15-16H,4,9-11H2,1-3H3. The number of nitrogens with one attached hydrogen (secondary N) is 1. The maximum Gasteiger partial charge on any atom is 0.0366 e. The molecular weight excluding hydrogens is 208 g/mol. The number of hydrogen-bond donors (Lipinski definition) is 1. The van der Waals surface area contributed by atoms with E-state index in [2.05, 4.69) is 55.4 Å². The van der Waals surface area contributed by atoms with Crippen LogP contribution < -0.4 is 10.2 Å². The molecule has 2 unspecified atom stereocenters. The predicted molar refractivity (Wildman–Crippen MR) is 74.7 cm³/mol. The van der Waals surface area contributed by atoms with Crippen molar-refractivity contribution in [2.24, 2.45) is 0 Å². The molecule has 0 aliphatic carbocycles. The molecule has 1 fully saturated rings. The van der Waals surface area contributed by atoms with Crippen LogP contribution in [0.5, 0.6) is 0 Å². The normalized spacial score (nSPS) is 24.6. The van der Waals surface area contributed by atoms with E-state index in [0.29, 0.717) is 12.1 Å². The fraction of sp³-hybridized carbons (Fsp3) is 0.600. The molecule has 1 aliphatic rings. The van der Waals surface area contributed by atoms with Crippen molar-refractivity contribution < 1.29 is 0 Å². The van der Waals surface area contributed by atoms with Gasteiger partial charge in [-0.3, -0.25) is 0 Å². The Kier molecular flexibility index (Phi) is 4.06. The Balaban J connectivity index is 2.04. The topological polar surface area (TPSA) is 15.3 Å². The lowest BCUT2D eigenvalue weighted by molar-refractivity contribution is 0.371. The molecule has 1 aromatic rings. The molecule has 2 rings (SSSR count). The molecule has 2 atom stereocenters. The maximum atomic E-state index is 3.51. The van der Waals surface area contributed by atoms with Gasteiger partial charge in [0.15, 0.2) is 0 Å². The molecule has 0 saturated carbocycles. The molecule has 0 radical (unpaired) electrons. The molecule has 17 heavy (non-hydrogen) atoms. The van der Waals surface area contributed by atoms with Gasteiger partial charge in [-0.1, -0.05) is 19.1 Å². The first-order valence-corrected chi connectivity index (χ1v) is 6.76. The van der Waals surface area contributed by atoms with E-state index in [1.54, 1.807) is 0 Å². The molecule has 0 spiro atoms. The van der Waals surface area contributed by atoms with Gasteiger partial charge in [0, 0.05) is 24.8 Å². The van der Waals surface area contributed by atoms with Crippen LogP contribution in [-0.4, -0.2) is 25.7 Å². The number of rotatable bonds is 3. The first-order valence-electron chi connectivity index (χ1n) is 6.76. The van der Waals surface area contributed by atoms with Crippen molar-refractivity contribution in [3.8, 4) is 0 Å². The molecular formula is C15H24N2. The van der Waals surface area contributed by atoms with Crippen molar-refractivity contribution in [2.75, 3.05) is 18.5 Å². The second kappa shape index (κ2) is 5.54. The zero-order valence-electron chi connectivity index (χ0n) is 11.2. The van der Waals surface area contributed by atoms with Gasteiger partial charge >= 0.3 is 0 Å². The Labute approximate surface area is 105 Å². The van der Waals surface area contributed by atoms with Gasteiger partial charge in [-0.25, -0.2) is 0 Å². The first-order chi connectivity index (χ1) is 8.20. The average molecular weight is 232 g/mol. The molecule has 94 valence electrons. The van der Waals surface area contributed by atoms with E-state index in [1.165, 1.54) is 24.1 Å². The lowest BCUT2D eigenvalue weighted by Crippen LogP contribution is -2.45. The summed E-state index contributed by atoms with van der Waals surface area (Å²) >= 11 is 0. The SMILES string of the molecule is CCc1ccc(N(C)C2CCNC(C)C2)cc1. The largest absolute Gasteiger partial charge is 0.372 e. The van der Waals surface area contributed by atoms with Crippen LogP contribution in [0.1, 0.15) is 32.3 Å². The fourth-order valence-corrected chi connectivity index (χ4v) is 2.64. The minimum Gasteiger partial charge on any atom is -0.372 e. The highest BCUT2D eigenvalue weighted by Gasteiger charge is 2.21. The van der Waals surface area contributed by atoms with Crippen molar-refractivity contribution in [3.05, 3.63) is 29.8 Å². The summed E-state index contributed by atoms with van der Waals surface area (Å²) in [5, 5.41) is 3.51. The lowest BCUT2D eigenvalue weighted by Gasteiger charge is -2.36. The number of benzene rings is 1. The summed E-state index contributed by atoms with van der Waals surface area (Å²) in [6, 6.07) is 10.3. The first kappa shape index (κ1) is 12.4. The third-order valence-electron chi connectivity index (χ3n) is 3.90. The fourth-order valence-electron chi connectivity index (χ4n) is 2.64. The smallest absolute Gasteiger partial charge is 0.0366 e. The van der Waals surface area contributed by atoms with Crippen molar-refractivity contribution in [3.63, 3.8) is 0 Å². The average Bonchev–Trinajstić information content (AvgIpc) is 2.38. The number of nitrogens with zero attached hydrogens (tertiary/aromatic N) is 1. The van der Waals surface area contributed by atoms with Crippen LogP contribution in [0.3, 0.4) is 0 Å². The van der Waals surface area contributed by atoms with Crippen molar-refractivity contribution in [1.29, 1.82) is 0 Å². The van der Waals surface area contributed by atoms with Crippen LogP contribution in [0, 0.1) is 0 Å². The minimum atomic E-state index is 0.645. The van der Waals surface area contributed by atoms with Crippen LogP contribution in [-0.2, 0) is 6.42 Å². The van der Waals surface area contributed by atoms with Gasteiger partial charge in [0.05, 0.1) is 0 Å². The Bertz CT molecular complexity index is 344. The van der Waals surface area contributed by atoms with E-state index in [9.17, 15) is 0 Å². The van der Waals surface area contributed by atoms with E-state index < -0.39 is 0 Å². The predicted octanol–water partition coefficient (Wildman–Crippen LogP) is 2.83. The van der Waals surface area contributed by atoms with Crippen molar-refractivity contribution >= 4 is 5.69 Å². The van der Waals surface area contributed by atoms with E-state index in [1.807, 2.05) is 0 Å². The van der Waals surface area contributed by atoms with Crippen LogP contribution in [0.25, 0.3) is 0 Å². The van der Waals surface area contributed by atoms with Crippen LogP contribution in [0.4, 0.5) is 5.69 Å². The molecule has 1 heterocycles. The minimum absolute atomic E-state index is 0.645. The maximum absolute atomic E-state index is 3.51. The summed E-state index contributed by atoms with van der Waals surface area (Å²) in [7, 11) is 2.23. The molecule has 2 nitrogen and oxygen atoms in total. The van der Waals surface area contributed by atoms with Gasteiger partial charge in [-0.05, 0) is 50.4 Å². The van der Waals surface area contributed by atoms with Gasteiger partial charge in [-0.15, -0.1) is 0 Å². The van der Waals surface area contributed by atoms with Crippen molar-refractivity contribution in [2.45, 2.75) is 45.2 Å². The number of anilines is 1. The zero-order valence-corrected chi connectivity index (χ0v) is 11.2. The summed E-state index contributed by atoms with van der Waals surface area (Å²) < 4.78 is 0. The monoisotopic (exact) mass is 232 g/mol. The van der Waals surface area contributed by atoms with Gasteiger partial charge in [0.2, 0.25) is 0 Å². The van der Waals surface area contributed by atoms with E-state index in [0.717, 1.165) is 13.0 Å².